The number of fused-ring (bicyclic) bond motifs is 1. The van der Waals surface area contributed by atoms with Gasteiger partial charge in [0.05, 0.1) is 30.4 Å². The van der Waals surface area contributed by atoms with Crippen LogP contribution in [0.4, 0.5) is 0 Å². The lowest BCUT2D eigenvalue weighted by Crippen LogP contribution is -2.48. The molecule has 0 radical (unpaired) electrons. The fraction of sp³-hybridized carbons (Fsp3) is 0.450. The molecular formula is C20H25N5O2. The lowest BCUT2D eigenvalue weighted by Gasteiger charge is -2.35. The van der Waals surface area contributed by atoms with E-state index in [2.05, 4.69) is 4.98 Å². The second-order valence-corrected chi connectivity index (χ2v) is 7.43. The third kappa shape index (κ3) is 3.88. The molecule has 1 atom stereocenters. The summed E-state index contributed by atoms with van der Waals surface area (Å²) in [5.74, 6) is 0.638. The van der Waals surface area contributed by atoms with Gasteiger partial charge in [-0.15, -0.1) is 0 Å². The summed E-state index contributed by atoms with van der Waals surface area (Å²) < 4.78 is 0. The minimum Gasteiger partial charge on any atom is -0.369 e. The molecule has 1 fully saturated rings. The molecule has 0 spiro atoms. The van der Waals surface area contributed by atoms with Crippen molar-refractivity contribution in [2.75, 3.05) is 26.2 Å². The van der Waals surface area contributed by atoms with Crippen LogP contribution in [0.5, 0.6) is 0 Å². The molecule has 142 valence electrons. The van der Waals surface area contributed by atoms with Gasteiger partial charge in [0.25, 0.3) is 0 Å². The van der Waals surface area contributed by atoms with Crippen LogP contribution in [0.2, 0.25) is 0 Å². The number of nitrogens with one attached hydrogen (secondary N) is 1. The van der Waals surface area contributed by atoms with Crippen LogP contribution in [-0.4, -0.2) is 57.8 Å². The first-order valence-corrected chi connectivity index (χ1v) is 9.53. The van der Waals surface area contributed by atoms with E-state index in [1.54, 1.807) is 0 Å². The van der Waals surface area contributed by atoms with Gasteiger partial charge in [0.1, 0.15) is 5.82 Å². The number of amides is 2. The SMILES string of the molecule is NC(=O)CN1CCC[C@H](C(=O)N2CCc3nc(-c4ccccc4)[nH]c3C2)C1. The van der Waals surface area contributed by atoms with Gasteiger partial charge in [-0.2, -0.15) is 0 Å². The maximum atomic E-state index is 13.0. The van der Waals surface area contributed by atoms with Crippen molar-refractivity contribution >= 4 is 11.8 Å². The van der Waals surface area contributed by atoms with Crippen LogP contribution >= 0.6 is 0 Å². The van der Waals surface area contributed by atoms with Crippen LogP contribution in [0.15, 0.2) is 30.3 Å². The summed E-state index contributed by atoms with van der Waals surface area (Å²) in [6.45, 7) is 2.94. The van der Waals surface area contributed by atoms with Crippen LogP contribution in [0.3, 0.4) is 0 Å². The van der Waals surface area contributed by atoms with E-state index in [0.29, 0.717) is 19.6 Å². The van der Waals surface area contributed by atoms with E-state index in [1.807, 2.05) is 40.1 Å². The van der Waals surface area contributed by atoms with E-state index in [4.69, 9.17) is 10.7 Å². The Morgan fingerprint density at radius 3 is 2.81 bits per heavy atom. The summed E-state index contributed by atoms with van der Waals surface area (Å²) in [7, 11) is 0. The molecule has 2 aromatic rings. The quantitative estimate of drug-likeness (QED) is 0.848. The molecule has 27 heavy (non-hydrogen) atoms. The molecule has 1 aromatic heterocycles. The molecule has 0 unspecified atom stereocenters. The van der Waals surface area contributed by atoms with Crippen molar-refractivity contribution in [3.63, 3.8) is 0 Å². The Labute approximate surface area is 158 Å². The maximum Gasteiger partial charge on any atom is 0.231 e. The number of piperidine rings is 1. The van der Waals surface area contributed by atoms with Gasteiger partial charge in [0.15, 0.2) is 0 Å². The summed E-state index contributed by atoms with van der Waals surface area (Å²) in [4.78, 5) is 36.2. The molecule has 2 aliphatic heterocycles. The Bertz CT molecular complexity index is 832. The summed E-state index contributed by atoms with van der Waals surface area (Å²) in [6.07, 6.45) is 2.56. The van der Waals surface area contributed by atoms with Crippen LogP contribution in [0.25, 0.3) is 11.4 Å². The minimum atomic E-state index is -0.336. The number of nitrogens with two attached hydrogens (primary N) is 1. The molecule has 1 saturated heterocycles. The van der Waals surface area contributed by atoms with Crippen molar-refractivity contribution in [1.82, 2.24) is 19.8 Å². The van der Waals surface area contributed by atoms with Gasteiger partial charge < -0.3 is 15.6 Å². The predicted molar refractivity (Wildman–Crippen MR) is 102 cm³/mol. The maximum absolute atomic E-state index is 13.0. The molecule has 4 rings (SSSR count). The monoisotopic (exact) mass is 367 g/mol. The van der Waals surface area contributed by atoms with Gasteiger partial charge in [0.2, 0.25) is 11.8 Å². The highest BCUT2D eigenvalue weighted by atomic mass is 16.2. The second-order valence-electron chi connectivity index (χ2n) is 7.43. The number of rotatable bonds is 4. The Balaban J connectivity index is 1.44. The zero-order valence-corrected chi connectivity index (χ0v) is 15.4. The fourth-order valence-electron chi connectivity index (χ4n) is 4.09. The predicted octanol–water partition coefficient (Wildman–Crippen LogP) is 1.16. The standard InChI is InChI=1S/C20H25N5O2/c21-18(26)13-24-9-4-7-15(11-24)20(27)25-10-8-16-17(12-25)23-19(22-16)14-5-2-1-3-6-14/h1-3,5-6,15H,4,7-13H2,(H2,21,26)(H,22,23)/t15-/m0/s1. The van der Waals surface area contributed by atoms with Crippen molar-refractivity contribution in [2.24, 2.45) is 11.7 Å². The molecule has 0 saturated carbocycles. The van der Waals surface area contributed by atoms with Crippen LogP contribution in [0.1, 0.15) is 24.2 Å². The van der Waals surface area contributed by atoms with E-state index in [9.17, 15) is 9.59 Å². The molecule has 0 bridgehead atoms. The van der Waals surface area contributed by atoms with E-state index in [-0.39, 0.29) is 24.3 Å². The van der Waals surface area contributed by atoms with E-state index in [0.717, 1.165) is 48.6 Å². The molecule has 3 heterocycles. The summed E-state index contributed by atoms with van der Waals surface area (Å²) >= 11 is 0. The number of likely N-dealkylation sites (tertiary alicyclic amines) is 1. The van der Waals surface area contributed by atoms with Gasteiger partial charge in [0, 0.05) is 25.1 Å². The number of nitrogens with zero attached hydrogens (tertiary/aromatic N) is 3. The number of imidazole rings is 1. The van der Waals surface area contributed by atoms with Gasteiger partial charge in [-0.1, -0.05) is 30.3 Å². The van der Waals surface area contributed by atoms with Gasteiger partial charge >= 0.3 is 0 Å². The molecule has 0 aliphatic carbocycles. The van der Waals surface area contributed by atoms with Crippen molar-refractivity contribution in [3.05, 3.63) is 41.7 Å². The summed E-state index contributed by atoms with van der Waals surface area (Å²) in [5, 5.41) is 0. The van der Waals surface area contributed by atoms with E-state index >= 15 is 0 Å². The molecule has 2 aliphatic rings. The van der Waals surface area contributed by atoms with Crippen molar-refractivity contribution in [2.45, 2.75) is 25.8 Å². The fourth-order valence-corrected chi connectivity index (χ4v) is 4.09. The highest BCUT2D eigenvalue weighted by molar-refractivity contribution is 5.80. The number of carbonyl (C=O) groups excluding carboxylic acids is 2. The van der Waals surface area contributed by atoms with Gasteiger partial charge in [-0.25, -0.2) is 4.98 Å². The number of carbonyl (C=O) groups is 2. The first kappa shape index (κ1) is 17.7. The van der Waals surface area contributed by atoms with Crippen LogP contribution < -0.4 is 5.73 Å². The third-order valence-corrected chi connectivity index (χ3v) is 5.42. The number of benzene rings is 1. The Morgan fingerprint density at radius 1 is 1.22 bits per heavy atom. The average molecular weight is 367 g/mol. The average Bonchev–Trinajstić information content (AvgIpc) is 3.11. The first-order chi connectivity index (χ1) is 13.1. The number of hydrogen-bond donors (Lipinski definition) is 2. The number of primary amides is 1. The Hall–Kier alpha value is -2.67. The number of H-pyrrole nitrogens is 1. The largest absolute Gasteiger partial charge is 0.369 e. The molecule has 1 aromatic carbocycles. The molecule has 2 amide bonds. The number of hydrogen-bond acceptors (Lipinski definition) is 4. The molecular weight excluding hydrogens is 342 g/mol. The summed E-state index contributed by atoms with van der Waals surface area (Å²) in [6, 6.07) is 10.0. The Kier molecular flexibility index (Phi) is 4.94. The minimum absolute atomic E-state index is 0.0591. The first-order valence-electron chi connectivity index (χ1n) is 9.53. The smallest absolute Gasteiger partial charge is 0.231 e. The highest BCUT2D eigenvalue weighted by Gasteiger charge is 2.32. The summed E-state index contributed by atoms with van der Waals surface area (Å²) in [5.41, 5.74) is 8.44. The zero-order valence-electron chi connectivity index (χ0n) is 15.4. The zero-order chi connectivity index (χ0) is 18.8. The lowest BCUT2D eigenvalue weighted by atomic mass is 9.95. The van der Waals surface area contributed by atoms with Crippen LogP contribution in [-0.2, 0) is 22.6 Å². The molecule has 3 N–H and O–H groups in total. The molecule has 7 nitrogen and oxygen atoms in total. The Morgan fingerprint density at radius 2 is 2.04 bits per heavy atom. The molecule has 7 heteroatoms. The van der Waals surface area contributed by atoms with Crippen LogP contribution in [0, 0.1) is 5.92 Å². The van der Waals surface area contributed by atoms with E-state index < -0.39 is 0 Å². The van der Waals surface area contributed by atoms with Crippen molar-refractivity contribution < 1.29 is 9.59 Å². The van der Waals surface area contributed by atoms with Crippen molar-refractivity contribution in [1.29, 1.82) is 0 Å². The van der Waals surface area contributed by atoms with Crippen molar-refractivity contribution in [3.8, 4) is 11.4 Å². The number of aromatic amines is 1. The highest BCUT2D eigenvalue weighted by Crippen LogP contribution is 2.25. The topological polar surface area (TPSA) is 95.3 Å². The number of aromatic nitrogens is 2. The van der Waals surface area contributed by atoms with E-state index in [1.165, 1.54) is 0 Å². The van der Waals surface area contributed by atoms with Gasteiger partial charge in [-0.3, -0.25) is 14.5 Å². The normalized spacial score (nSPS) is 20.3. The lowest BCUT2D eigenvalue weighted by molar-refractivity contribution is -0.139. The second kappa shape index (κ2) is 7.52. The van der Waals surface area contributed by atoms with Gasteiger partial charge in [-0.05, 0) is 19.4 Å². The third-order valence-electron chi connectivity index (χ3n) is 5.42.